The van der Waals surface area contributed by atoms with Crippen molar-refractivity contribution in [3.8, 4) is 0 Å². The first kappa shape index (κ1) is 32.6. The lowest BCUT2D eigenvalue weighted by molar-refractivity contribution is -0.368. The van der Waals surface area contributed by atoms with Crippen molar-refractivity contribution in [1.82, 2.24) is 18.5 Å². The Morgan fingerprint density at radius 2 is 0.905 bits per heavy atom. The van der Waals surface area contributed by atoms with Gasteiger partial charge in [-0.1, -0.05) is 71.1 Å². The van der Waals surface area contributed by atoms with Crippen molar-refractivity contribution in [1.29, 1.82) is 0 Å². The van der Waals surface area contributed by atoms with Gasteiger partial charge in [0, 0.05) is 10.4 Å². The minimum atomic E-state index is -5.17. The van der Waals surface area contributed by atoms with E-state index in [1.54, 1.807) is 0 Å². The summed E-state index contributed by atoms with van der Waals surface area (Å²) in [6.45, 7) is 2.37. The largest absolute Gasteiger partial charge is 0.854 e. The topological polar surface area (TPSA) is 213 Å². The molecule has 0 aromatic carbocycles. The molecule has 0 aromatic heterocycles. The fourth-order valence-electron chi connectivity index (χ4n) is 1.59. The summed E-state index contributed by atoms with van der Waals surface area (Å²) in [5.41, 5.74) is 0. The Morgan fingerprint density at radius 3 is 1.14 bits per heavy atom. The summed E-state index contributed by atoms with van der Waals surface area (Å²) in [5.74, 6) is 0. The van der Waals surface area contributed by atoms with Gasteiger partial charge in [-0.05, 0) is 0 Å². The van der Waals surface area contributed by atoms with E-state index < -0.39 is 10.4 Å². The number of hydrogen-bond donors (Lipinski definition) is 3. The molecule has 0 aromatic rings. The molecule has 12 N–H and O–H groups in total. The van der Waals surface area contributed by atoms with E-state index in [9.17, 15) is 5.11 Å². The zero-order valence-corrected chi connectivity index (χ0v) is 15.0. The van der Waals surface area contributed by atoms with Gasteiger partial charge in [-0.15, -0.1) is 6.61 Å². The second-order valence-corrected chi connectivity index (χ2v) is 5.11. The van der Waals surface area contributed by atoms with Crippen molar-refractivity contribution in [3.05, 3.63) is 0 Å². The first-order valence-electron chi connectivity index (χ1n) is 6.66. The number of rotatable bonds is 10. The normalized spacial score (nSPS) is 9.33. The first-order valence-corrected chi connectivity index (χ1v) is 8.00. The molecule has 0 aliphatic heterocycles. The third-order valence-corrected chi connectivity index (χ3v) is 2.50. The summed E-state index contributed by atoms with van der Waals surface area (Å²) in [5, 5.41) is 10.1. The molecule has 21 heavy (non-hydrogen) atoms. The molecule has 0 amide bonds. The molecule has 0 aliphatic rings. The van der Waals surface area contributed by atoms with E-state index in [0.717, 1.165) is 12.8 Å². The summed E-state index contributed by atoms with van der Waals surface area (Å²) in [7, 11) is -5.17. The van der Waals surface area contributed by atoms with Crippen LogP contribution in [0.1, 0.15) is 71.1 Å². The molecule has 0 atom stereocenters. The average molecular weight is 336 g/mol. The standard InChI is InChI=1S/C12H25O.3H3N.H2O4S/c1-2-3-4-5-6-7-8-9-10-11-12-13;;;;1-5(2,3)4/h2-12H2,1H3;3*1H3;(H2,1,2,3,4)/q-1;;;;/p+1. The predicted octanol–water partition coefficient (Wildman–Crippen LogP) is 3.06. The molecule has 0 aliphatic carbocycles. The summed E-state index contributed by atoms with van der Waals surface area (Å²) in [6.07, 6.45) is 13.0. The van der Waals surface area contributed by atoms with E-state index in [1.165, 1.54) is 51.4 Å². The van der Waals surface area contributed by atoms with Gasteiger partial charge in [0.2, 0.25) is 0 Å². The maximum Gasteiger partial charge on any atom is 0.0311 e. The third-order valence-electron chi connectivity index (χ3n) is 2.50. The molecule has 8 nitrogen and oxygen atoms in total. The van der Waals surface area contributed by atoms with E-state index in [0.29, 0.717) is 0 Å². The molecule has 0 heterocycles. The maximum absolute atomic E-state index is 10.1. The fraction of sp³-hybridized carbons (Fsp3) is 1.00. The molecule has 9 heteroatoms. The van der Waals surface area contributed by atoms with E-state index in [-0.39, 0.29) is 25.1 Å². The smallest absolute Gasteiger partial charge is 0.0311 e. The molecular formula is C12H37N3O5S. The van der Waals surface area contributed by atoms with Crippen LogP contribution in [-0.2, 0) is 10.4 Å². The van der Waals surface area contributed by atoms with E-state index in [1.807, 2.05) is 0 Å². The lowest BCUT2D eigenvalue weighted by Crippen LogP contribution is -2.04. The molecule has 0 rings (SSSR count). The molecule has 0 saturated heterocycles. The minimum absolute atomic E-state index is 0. The highest BCUT2D eigenvalue weighted by Crippen LogP contribution is 2.09. The lowest BCUT2D eigenvalue weighted by atomic mass is 10.1. The van der Waals surface area contributed by atoms with E-state index >= 15 is 0 Å². The van der Waals surface area contributed by atoms with Crippen molar-refractivity contribution < 1.29 is 22.6 Å². The van der Waals surface area contributed by atoms with Crippen molar-refractivity contribution >= 4 is 10.4 Å². The van der Waals surface area contributed by atoms with Gasteiger partial charge < -0.3 is 32.7 Å². The molecule has 0 saturated carbocycles. The van der Waals surface area contributed by atoms with Gasteiger partial charge >= 0.3 is 0 Å². The zero-order chi connectivity index (χ0) is 14.3. The van der Waals surface area contributed by atoms with Crippen LogP contribution in [0.4, 0.5) is 0 Å². The monoisotopic (exact) mass is 335 g/mol. The Hall–Kier alpha value is -0.290. The Kier molecular flexibility index (Phi) is 38.4. The van der Waals surface area contributed by atoms with Crippen LogP contribution in [-0.4, -0.2) is 24.1 Å². The maximum atomic E-state index is 10.1. The lowest BCUT2D eigenvalue weighted by Gasteiger charge is -2.06. The Labute approximate surface area is 130 Å². The van der Waals surface area contributed by atoms with Crippen LogP contribution in [0.2, 0.25) is 0 Å². The highest BCUT2D eigenvalue weighted by molar-refractivity contribution is 7.79. The highest BCUT2D eigenvalue weighted by Gasteiger charge is 1.90. The van der Waals surface area contributed by atoms with Gasteiger partial charge in [-0.25, -0.2) is 0 Å². The number of quaternary nitrogens is 3. The molecule has 0 unspecified atom stereocenters. The van der Waals surface area contributed by atoms with Gasteiger partial charge in [0.15, 0.2) is 0 Å². The van der Waals surface area contributed by atoms with Crippen LogP contribution in [0.15, 0.2) is 0 Å². The first-order chi connectivity index (χ1) is 8.41. The number of hydrogen-bond acceptors (Lipinski definition) is 5. The molecule has 136 valence electrons. The Balaban J connectivity index is -0.0000000933. The second kappa shape index (κ2) is 24.7. The van der Waals surface area contributed by atoms with Crippen LogP contribution in [0, 0.1) is 0 Å². The van der Waals surface area contributed by atoms with Gasteiger partial charge in [0.05, 0.1) is 0 Å². The fourth-order valence-corrected chi connectivity index (χ4v) is 1.59. The summed E-state index contributed by atoms with van der Waals surface area (Å²) in [4.78, 5) is 0. The number of unbranched alkanes of at least 4 members (excludes halogenated alkanes) is 9. The van der Waals surface area contributed by atoms with Gasteiger partial charge in [0.1, 0.15) is 0 Å². The van der Waals surface area contributed by atoms with Crippen molar-refractivity contribution in [2.75, 3.05) is 6.61 Å². The van der Waals surface area contributed by atoms with Gasteiger partial charge in [0.25, 0.3) is 0 Å². The molecule has 0 bridgehead atoms. The third kappa shape index (κ3) is 65.6. The Bertz CT molecular complexity index is 233. The molecule has 0 fully saturated rings. The van der Waals surface area contributed by atoms with Crippen molar-refractivity contribution in [3.63, 3.8) is 0 Å². The molecule has 0 radical (unpaired) electrons. The second-order valence-electron chi connectivity index (χ2n) is 4.29. The Morgan fingerprint density at radius 1 is 0.667 bits per heavy atom. The van der Waals surface area contributed by atoms with Crippen LogP contribution < -0.4 is 23.6 Å². The quantitative estimate of drug-likeness (QED) is 0.310. The summed E-state index contributed by atoms with van der Waals surface area (Å²) < 4.78 is 34.1. The van der Waals surface area contributed by atoms with Crippen LogP contribution >= 0.6 is 0 Å². The SMILES string of the molecule is CCCCCCCCCCCC[O-].O=S(=O)([O-])[O-].[NH4+].[NH4+].[NH4+]. The van der Waals surface area contributed by atoms with Crippen LogP contribution in [0.3, 0.4) is 0 Å². The predicted molar refractivity (Wildman–Crippen MR) is 85.1 cm³/mol. The van der Waals surface area contributed by atoms with Crippen LogP contribution in [0.5, 0.6) is 0 Å². The average Bonchev–Trinajstić information content (AvgIpc) is 2.25. The molecular weight excluding hydrogens is 298 g/mol. The molecule has 0 spiro atoms. The summed E-state index contributed by atoms with van der Waals surface area (Å²) in [6, 6.07) is 0. The zero-order valence-electron chi connectivity index (χ0n) is 14.2. The summed E-state index contributed by atoms with van der Waals surface area (Å²) >= 11 is 0. The minimum Gasteiger partial charge on any atom is -0.854 e. The van der Waals surface area contributed by atoms with Gasteiger partial charge in [-0.3, -0.25) is 8.42 Å². The van der Waals surface area contributed by atoms with E-state index in [4.69, 9.17) is 17.5 Å². The van der Waals surface area contributed by atoms with Crippen LogP contribution in [0.25, 0.3) is 0 Å². The van der Waals surface area contributed by atoms with Crippen molar-refractivity contribution in [2.45, 2.75) is 71.1 Å². The van der Waals surface area contributed by atoms with Crippen molar-refractivity contribution in [2.24, 2.45) is 0 Å². The van der Waals surface area contributed by atoms with E-state index in [2.05, 4.69) is 6.92 Å². The highest BCUT2D eigenvalue weighted by atomic mass is 32.3. The van der Waals surface area contributed by atoms with Gasteiger partial charge in [-0.2, -0.15) is 0 Å².